The summed E-state index contributed by atoms with van der Waals surface area (Å²) < 4.78 is 26.4. The van der Waals surface area contributed by atoms with Crippen LogP contribution in [-0.2, 0) is 16.6 Å². The van der Waals surface area contributed by atoms with Crippen LogP contribution in [0.1, 0.15) is 24.5 Å². The molecule has 0 aliphatic rings. The van der Waals surface area contributed by atoms with Gasteiger partial charge in [-0.3, -0.25) is 5.10 Å². The molecule has 1 aromatic carbocycles. The second kappa shape index (κ2) is 6.52. The third kappa shape index (κ3) is 3.48. The monoisotopic (exact) mass is 304 g/mol. The summed E-state index contributed by atoms with van der Waals surface area (Å²) in [5, 5.41) is 15.1. The van der Waals surface area contributed by atoms with Gasteiger partial charge in [-0.1, -0.05) is 19.1 Å². The summed E-state index contributed by atoms with van der Waals surface area (Å²) >= 11 is 0. The standard InChI is InChI=1S/C14H16N4O2S/c1-2-9-18(21(19,20)14-7-8-16-17-14)11-13-5-3-12(10-15)4-6-13/h3-8H,2,9,11H2,1H3,(H,16,17). The van der Waals surface area contributed by atoms with E-state index in [0.29, 0.717) is 18.5 Å². The van der Waals surface area contributed by atoms with Gasteiger partial charge in [0.2, 0.25) is 0 Å². The largest absolute Gasteiger partial charge is 0.266 e. The van der Waals surface area contributed by atoms with Crippen molar-refractivity contribution in [3.8, 4) is 6.07 Å². The molecule has 2 aromatic rings. The van der Waals surface area contributed by atoms with E-state index in [1.807, 2.05) is 13.0 Å². The van der Waals surface area contributed by atoms with E-state index in [4.69, 9.17) is 5.26 Å². The van der Waals surface area contributed by atoms with E-state index < -0.39 is 10.0 Å². The predicted molar refractivity (Wildman–Crippen MR) is 77.6 cm³/mol. The Morgan fingerprint density at radius 1 is 1.29 bits per heavy atom. The Balaban J connectivity index is 2.25. The van der Waals surface area contributed by atoms with Crippen LogP contribution in [0.15, 0.2) is 41.6 Å². The first-order chi connectivity index (χ1) is 10.1. The van der Waals surface area contributed by atoms with Crippen LogP contribution in [-0.4, -0.2) is 29.5 Å². The van der Waals surface area contributed by atoms with E-state index in [1.54, 1.807) is 24.3 Å². The van der Waals surface area contributed by atoms with E-state index in [9.17, 15) is 8.42 Å². The summed E-state index contributed by atoms with van der Waals surface area (Å²) in [6.45, 7) is 2.61. The maximum atomic E-state index is 12.5. The highest BCUT2D eigenvalue weighted by molar-refractivity contribution is 7.89. The van der Waals surface area contributed by atoms with Crippen molar-refractivity contribution < 1.29 is 8.42 Å². The van der Waals surface area contributed by atoms with Crippen molar-refractivity contribution >= 4 is 10.0 Å². The molecule has 0 unspecified atom stereocenters. The summed E-state index contributed by atoms with van der Waals surface area (Å²) in [5.41, 5.74) is 1.39. The quantitative estimate of drug-likeness (QED) is 0.882. The van der Waals surface area contributed by atoms with E-state index in [1.165, 1.54) is 16.6 Å². The van der Waals surface area contributed by atoms with Crippen LogP contribution >= 0.6 is 0 Å². The van der Waals surface area contributed by atoms with Gasteiger partial charge in [-0.2, -0.15) is 14.7 Å². The van der Waals surface area contributed by atoms with Crippen LogP contribution in [0.2, 0.25) is 0 Å². The zero-order valence-electron chi connectivity index (χ0n) is 11.7. The first kappa shape index (κ1) is 15.2. The minimum atomic E-state index is -3.58. The average Bonchev–Trinajstić information content (AvgIpc) is 3.02. The zero-order chi connectivity index (χ0) is 15.3. The summed E-state index contributed by atoms with van der Waals surface area (Å²) in [5.74, 6) is 0. The second-order valence-corrected chi connectivity index (χ2v) is 6.47. The highest BCUT2D eigenvalue weighted by atomic mass is 32.2. The van der Waals surface area contributed by atoms with Gasteiger partial charge in [-0.15, -0.1) is 0 Å². The van der Waals surface area contributed by atoms with Crippen molar-refractivity contribution in [3.63, 3.8) is 0 Å². The first-order valence-corrected chi connectivity index (χ1v) is 8.00. The molecule has 0 saturated heterocycles. The molecule has 0 fully saturated rings. The molecule has 7 heteroatoms. The lowest BCUT2D eigenvalue weighted by Gasteiger charge is -2.20. The van der Waals surface area contributed by atoms with Crippen molar-refractivity contribution in [2.24, 2.45) is 0 Å². The summed E-state index contributed by atoms with van der Waals surface area (Å²) in [6.07, 6.45) is 2.13. The van der Waals surface area contributed by atoms with Gasteiger partial charge in [-0.05, 0) is 30.2 Å². The molecule has 1 N–H and O–H groups in total. The number of hydrogen-bond acceptors (Lipinski definition) is 4. The molecule has 0 spiro atoms. The smallest absolute Gasteiger partial charge is 0.260 e. The highest BCUT2D eigenvalue weighted by Gasteiger charge is 2.25. The SMILES string of the molecule is CCCN(Cc1ccc(C#N)cc1)S(=O)(=O)c1ccn[nH]1. The molecule has 1 heterocycles. The number of aromatic nitrogens is 2. The molecule has 0 aliphatic carbocycles. The van der Waals surface area contributed by atoms with Crippen LogP contribution < -0.4 is 0 Å². The van der Waals surface area contributed by atoms with Crippen molar-refractivity contribution in [2.45, 2.75) is 24.9 Å². The van der Waals surface area contributed by atoms with Gasteiger partial charge in [0.05, 0.1) is 17.8 Å². The molecule has 0 aliphatic heterocycles. The summed E-state index contributed by atoms with van der Waals surface area (Å²) in [6, 6.07) is 10.4. The van der Waals surface area contributed by atoms with E-state index in [2.05, 4.69) is 10.2 Å². The fourth-order valence-corrected chi connectivity index (χ4v) is 3.37. The number of benzene rings is 1. The van der Waals surface area contributed by atoms with Gasteiger partial charge in [-0.25, -0.2) is 8.42 Å². The lowest BCUT2D eigenvalue weighted by atomic mass is 10.1. The van der Waals surface area contributed by atoms with E-state index in [-0.39, 0.29) is 11.6 Å². The van der Waals surface area contributed by atoms with Gasteiger partial charge >= 0.3 is 0 Å². The number of H-pyrrole nitrogens is 1. The fourth-order valence-electron chi connectivity index (χ4n) is 1.95. The molecule has 6 nitrogen and oxygen atoms in total. The Kier molecular flexibility index (Phi) is 4.73. The molecule has 0 saturated carbocycles. The van der Waals surface area contributed by atoms with Crippen LogP contribution in [0.5, 0.6) is 0 Å². The first-order valence-electron chi connectivity index (χ1n) is 6.56. The van der Waals surface area contributed by atoms with Crippen molar-refractivity contribution in [1.29, 1.82) is 5.26 Å². The van der Waals surface area contributed by atoms with Crippen molar-refractivity contribution in [3.05, 3.63) is 47.7 Å². The minimum absolute atomic E-state index is 0.0876. The van der Waals surface area contributed by atoms with Crippen molar-refractivity contribution in [2.75, 3.05) is 6.54 Å². The predicted octanol–water partition coefficient (Wildman–Crippen LogP) is 1.88. The molecular weight excluding hydrogens is 288 g/mol. The Morgan fingerprint density at radius 3 is 2.52 bits per heavy atom. The average molecular weight is 304 g/mol. The number of hydrogen-bond donors (Lipinski definition) is 1. The lowest BCUT2D eigenvalue weighted by molar-refractivity contribution is 0.403. The molecule has 1 aromatic heterocycles. The van der Waals surface area contributed by atoms with Gasteiger partial charge in [0, 0.05) is 13.1 Å². The third-order valence-corrected chi connectivity index (χ3v) is 4.78. The maximum Gasteiger partial charge on any atom is 0.260 e. The molecule has 110 valence electrons. The molecule has 21 heavy (non-hydrogen) atoms. The Hall–Kier alpha value is -2.17. The number of nitrogens with zero attached hydrogens (tertiary/aromatic N) is 3. The molecule has 0 atom stereocenters. The van der Waals surface area contributed by atoms with Crippen LogP contribution in [0.25, 0.3) is 0 Å². The van der Waals surface area contributed by atoms with Gasteiger partial charge < -0.3 is 0 Å². The number of rotatable bonds is 6. The summed E-state index contributed by atoms with van der Waals surface area (Å²) in [7, 11) is -3.58. The van der Waals surface area contributed by atoms with Crippen LogP contribution in [0.4, 0.5) is 0 Å². The van der Waals surface area contributed by atoms with Crippen LogP contribution in [0.3, 0.4) is 0 Å². The maximum absolute atomic E-state index is 12.5. The van der Waals surface area contributed by atoms with E-state index >= 15 is 0 Å². The molecule has 0 bridgehead atoms. The number of sulfonamides is 1. The normalized spacial score (nSPS) is 11.5. The zero-order valence-corrected chi connectivity index (χ0v) is 12.5. The molecule has 0 radical (unpaired) electrons. The lowest BCUT2D eigenvalue weighted by Crippen LogP contribution is -2.31. The molecule has 2 rings (SSSR count). The minimum Gasteiger partial charge on any atom is -0.266 e. The Labute approximate surface area is 124 Å². The van der Waals surface area contributed by atoms with Crippen LogP contribution in [0, 0.1) is 11.3 Å². The van der Waals surface area contributed by atoms with Gasteiger partial charge in [0.15, 0.2) is 5.03 Å². The number of aromatic amines is 1. The number of nitrogens with one attached hydrogen (secondary N) is 1. The molecule has 0 amide bonds. The highest BCUT2D eigenvalue weighted by Crippen LogP contribution is 2.17. The summed E-state index contributed by atoms with van der Waals surface area (Å²) in [4.78, 5) is 0. The fraction of sp³-hybridized carbons (Fsp3) is 0.286. The topological polar surface area (TPSA) is 89.8 Å². The van der Waals surface area contributed by atoms with Gasteiger partial charge in [0.25, 0.3) is 10.0 Å². The molecular formula is C14H16N4O2S. The number of nitriles is 1. The van der Waals surface area contributed by atoms with Gasteiger partial charge in [0.1, 0.15) is 0 Å². The second-order valence-electron chi connectivity index (χ2n) is 4.57. The Bertz CT molecular complexity index is 715. The van der Waals surface area contributed by atoms with Crippen molar-refractivity contribution in [1.82, 2.24) is 14.5 Å². The Morgan fingerprint density at radius 2 is 2.00 bits per heavy atom. The third-order valence-electron chi connectivity index (χ3n) is 3.01. The van der Waals surface area contributed by atoms with E-state index in [0.717, 1.165) is 5.56 Å².